The molecule has 0 spiro atoms. The predicted molar refractivity (Wildman–Crippen MR) is 118 cm³/mol. The fourth-order valence-electron chi connectivity index (χ4n) is 3.53. The number of hydrogen-bond donors (Lipinski definition) is 2. The van der Waals surface area contributed by atoms with Gasteiger partial charge in [0.1, 0.15) is 23.6 Å². The Morgan fingerprint density at radius 1 is 1.23 bits per heavy atom. The molecule has 0 saturated carbocycles. The minimum atomic E-state index is -0.715. The first-order chi connectivity index (χ1) is 14.0. The molecule has 164 valence electrons. The summed E-state index contributed by atoms with van der Waals surface area (Å²) in [5.74, 6) is -0.192. The van der Waals surface area contributed by atoms with Crippen molar-refractivity contribution >= 4 is 17.4 Å². The lowest BCUT2D eigenvalue weighted by molar-refractivity contribution is -0.129. The van der Waals surface area contributed by atoms with Gasteiger partial charge in [-0.3, -0.25) is 4.79 Å². The lowest BCUT2D eigenvalue weighted by atomic mass is 9.98. The molecule has 1 atom stereocenters. The summed E-state index contributed by atoms with van der Waals surface area (Å²) in [7, 11) is 0. The highest BCUT2D eigenvalue weighted by Gasteiger charge is 2.40. The molecule has 0 aliphatic carbocycles. The van der Waals surface area contributed by atoms with Crippen molar-refractivity contribution in [1.82, 2.24) is 0 Å². The summed E-state index contributed by atoms with van der Waals surface area (Å²) in [6, 6.07) is 0. The Labute approximate surface area is 182 Å². The Bertz CT molecular complexity index is 902. The van der Waals surface area contributed by atoms with Crippen LogP contribution in [0.2, 0.25) is 5.02 Å². The molecule has 1 fully saturated rings. The van der Waals surface area contributed by atoms with Crippen molar-refractivity contribution in [2.75, 3.05) is 0 Å². The maximum absolute atomic E-state index is 11.9. The Balaban J connectivity index is 2.04. The summed E-state index contributed by atoms with van der Waals surface area (Å²) < 4.78 is 5.83. The summed E-state index contributed by atoms with van der Waals surface area (Å²) in [6.07, 6.45) is 6.11. The molecule has 2 N–H and O–H groups in total. The number of Topliss-reactive ketones (excluding diaryl/α,β-unsaturated/α-hetero) is 1. The third-order valence-electron chi connectivity index (χ3n) is 5.72. The van der Waals surface area contributed by atoms with Crippen LogP contribution in [0.5, 0.6) is 11.5 Å². The van der Waals surface area contributed by atoms with Crippen LogP contribution in [0.1, 0.15) is 63.6 Å². The second-order valence-corrected chi connectivity index (χ2v) is 8.74. The predicted octanol–water partition coefficient (Wildman–Crippen LogP) is 5.68. The molecule has 0 bridgehead atoms. The van der Waals surface area contributed by atoms with Gasteiger partial charge < -0.3 is 14.9 Å². The molecule has 1 aromatic rings. The maximum Gasteiger partial charge on any atom is 0.167 e. The zero-order valence-electron chi connectivity index (χ0n) is 18.2. The number of carbonyl (C=O) groups is 1. The molecule has 7 heteroatoms. The average Bonchev–Trinajstić information content (AvgIpc) is 2.96. The van der Waals surface area contributed by atoms with Crippen LogP contribution in [-0.2, 0) is 22.5 Å². The second-order valence-electron chi connectivity index (χ2n) is 8.37. The molecule has 2 rings (SSSR count). The minimum Gasteiger partial charge on any atom is -0.507 e. The van der Waals surface area contributed by atoms with E-state index in [4.69, 9.17) is 16.3 Å². The third-order valence-corrected chi connectivity index (χ3v) is 6.18. The number of rotatable bonds is 8. The minimum absolute atomic E-state index is 0.122. The van der Waals surface area contributed by atoms with Crippen LogP contribution < -0.4 is 0 Å². The average molecular weight is 436 g/mol. The van der Waals surface area contributed by atoms with Crippen LogP contribution in [0.3, 0.4) is 0 Å². The molecule has 1 aliphatic heterocycles. The smallest absolute Gasteiger partial charge is 0.167 e. The molecule has 0 aromatic heterocycles. The number of nitroso groups, excluding NO2 is 1. The number of allylic oxidation sites excluding steroid dienone is 3. The number of phenols is 2. The van der Waals surface area contributed by atoms with E-state index in [2.05, 4.69) is 11.3 Å². The Hall–Kier alpha value is -2.18. The van der Waals surface area contributed by atoms with Gasteiger partial charge in [-0.25, -0.2) is 0 Å². The number of ketones is 1. The molecule has 30 heavy (non-hydrogen) atoms. The Morgan fingerprint density at radius 3 is 2.47 bits per heavy atom. The zero-order valence-corrected chi connectivity index (χ0v) is 19.0. The number of halogens is 1. The van der Waals surface area contributed by atoms with Gasteiger partial charge in [0.2, 0.25) is 0 Å². The summed E-state index contributed by atoms with van der Waals surface area (Å²) in [5.41, 5.74) is 2.48. The third kappa shape index (κ3) is 5.29. The first-order valence-corrected chi connectivity index (χ1v) is 10.4. The van der Waals surface area contributed by atoms with Gasteiger partial charge in [-0.2, -0.15) is 4.91 Å². The fraction of sp³-hybridized carbons (Fsp3) is 0.522. The van der Waals surface area contributed by atoms with Crippen LogP contribution in [0.4, 0.5) is 0 Å². The molecule has 1 aliphatic rings. The summed E-state index contributed by atoms with van der Waals surface area (Å²) in [6.45, 7) is 8.97. The number of phenolic OH excluding ortho intramolecular Hbond substituents is 2. The molecular formula is C23H30ClNO5. The van der Waals surface area contributed by atoms with Crippen LogP contribution in [-0.4, -0.2) is 27.7 Å². The first-order valence-electron chi connectivity index (χ1n) is 10.0. The Morgan fingerprint density at radius 2 is 1.90 bits per heavy atom. The topological polar surface area (TPSA) is 96.2 Å². The van der Waals surface area contributed by atoms with Crippen molar-refractivity contribution in [3.05, 3.63) is 49.9 Å². The highest BCUT2D eigenvalue weighted by atomic mass is 35.5. The van der Waals surface area contributed by atoms with Crippen LogP contribution >= 0.6 is 11.6 Å². The van der Waals surface area contributed by atoms with Gasteiger partial charge in [-0.05, 0) is 65.0 Å². The van der Waals surface area contributed by atoms with Crippen molar-refractivity contribution in [2.24, 2.45) is 5.18 Å². The lowest BCUT2D eigenvalue weighted by Crippen LogP contribution is -2.27. The van der Waals surface area contributed by atoms with E-state index < -0.39 is 5.60 Å². The summed E-state index contributed by atoms with van der Waals surface area (Å²) >= 11 is 6.15. The van der Waals surface area contributed by atoms with Crippen LogP contribution in [0.25, 0.3) is 0 Å². The molecule has 1 saturated heterocycles. The van der Waals surface area contributed by atoms with E-state index in [0.29, 0.717) is 17.5 Å². The zero-order chi connectivity index (χ0) is 22.6. The first kappa shape index (κ1) is 24.1. The van der Waals surface area contributed by atoms with Crippen molar-refractivity contribution < 1.29 is 19.7 Å². The van der Waals surface area contributed by atoms with Crippen molar-refractivity contribution in [2.45, 2.75) is 78.6 Å². The Kier molecular flexibility index (Phi) is 7.83. The van der Waals surface area contributed by atoms with Gasteiger partial charge in [0.05, 0.1) is 11.1 Å². The fourth-order valence-corrected chi connectivity index (χ4v) is 3.76. The molecule has 6 nitrogen and oxygen atoms in total. The maximum atomic E-state index is 11.9. The molecule has 1 aromatic carbocycles. The number of nitrogens with zero attached hydrogens (tertiary/aromatic N) is 1. The van der Waals surface area contributed by atoms with Gasteiger partial charge in [-0.15, -0.1) is 0 Å². The van der Waals surface area contributed by atoms with Crippen molar-refractivity contribution in [1.29, 1.82) is 0 Å². The molecule has 0 unspecified atom stereocenters. The number of aromatic hydroxyl groups is 2. The molecule has 0 amide bonds. The van der Waals surface area contributed by atoms with Gasteiger partial charge in [0, 0.05) is 17.5 Å². The lowest BCUT2D eigenvalue weighted by Gasteiger charge is -2.18. The molecule has 0 radical (unpaired) electrons. The van der Waals surface area contributed by atoms with E-state index in [1.165, 1.54) is 0 Å². The highest BCUT2D eigenvalue weighted by molar-refractivity contribution is 6.33. The van der Waals surface area contributed by atoms with Crippen molar-refractivity contribution in [3.8, 4) is 11.5 Å². The van der Waals surface area contributed by atoms with Gasteiger partial charge in [-0.1, -0.05) is 34.5 Å². The second kappa shape index (κ2) is 9.75. The number of hydrogen-bond acceptors (Lipinski definition) is 6. The van der Waals surface area contributed by atoms with Crippen LogP contribution in [0.15, 0.2) is 28.5 Å². The summed E-state index contributed by atoms with van der Waals surface area (Å²) in [4.78, 5) is 22.6. The quantitative estimate of drug-likeness (QED) is 0.404. The van der Waals surface area contributed by atoms with Crippen molar-refractivity contribution in [3.63, 3.8) is 0 Å². The monoisotopic (exact) mass is 435 g/mol. The normalized spacial score (nSPS) is 19.4. The molecule has 1 heterocycles. The van der Waals surface area contributed by atoms with Crippen LogP contribution in [0, 0.1) is 11.8 Å². The standard InChI is InChI=1S/C23H30ClNO5/c1-13(7-6-8-14(2)18-11-19(26)23(4,5)30-18)9-10-16-21(27)17(12-25-29)15(3)20(24)22(16)28/h8-9,18,27-28H,6-7,10-12H2,1-5H3/t18-/m0/s1. The van der Waals surface area contributed by atoms with E-state index in [0.717, 1.165) is 24.0 Å². The summed E-state index contributed by atoms with van der Waals surface area (Å²) in [5, 5.41) is 23.7. The van der Waals surface area contributed by atoms with Gasteiger partial charge in [0.25, 0.3) is 0 Å². The number of benzene rings is 1. The van der Waals surface area contributed by atoms with E-state index in [-0.39, 0.29) is 46.9 Å². The van der Waals surface area contributed by atoms with E-state index in [1.54, 1.807) is 20.8 Å². The van der Waals surface area contributed by atoms with E-state index in [1.807, 2.05) is 19.9 Å². The molecular weight excluding hydrogens is 406 g/mol. The SMILES string of the molecule is CC(=CCc1c(O)c(Cl)c(C)c(CN=O)c1O)CCC=C(C)[C@@H]1CC(=O)C(C)(C)O1. The van der Waals surface area contributed by atoms with Gasteiger partial charge >= 0.3 is 0 Å². The largest absolute Gasteiger partial charge is 0.507 e. The number of carbonyl (C=O) groups excluding carboxylic acids is 1. The number of ether oxygens (including phenoxy) is 1. The highest BCUT2D eigenvalue weighted by Crippen LogP contribution is 2.41. The van der Waals surface area contributed by atoms with Gasteiger partial charge in [0.15, 0.2) is 5.78 Å². The van der Waals surface area contributed by atoms with E-state index in [9.17, 15) is 19.9 Å². The van der Waals surface area contributed by atoms with E-state index >= 15 is 0 Å².